The second kappa shape index (κ2) is 7.09. The van der Waals surface area contributed by atoms with Gasteiger partial charge in [0.05, 0.1) is 5.69 Å². The van der Waals surface area contributed by atoms with Gasteiger partial charge in [-0.3, -0.25) is 4.99 Å². The Labute approximate surface area is 103 Å². The molecule has 1 aromatic rings. The minimum Gasteiger partial charge on any atom is -0.369 e. The Balaban J connectivity index is 2.22. The number of nitrogens with two attached hydrogens (primary N) is 1. The fraction of sp³-hybridized carbons (Fsp3) is 0.444. The van der Waals surface area contributed by atoms with Gasteiger partial charge in [-0.25, -0.2) is 4.90 Å². The molecular weight excluding hydrogens is 242 g/mol. The first kappa shape index (κ1) is 12.8. The zero-order valence-electron chi connectivity index (χ0n) is 8.96. The Kier molecular flexibility index (Phi) is 5.67. The molecule has 0 aromatic carbocycles. The first-order valence-electron chi connectivity index (χ1n) is 4.64. The molecule has 0 aliphatic rings. The molecule has 0 radical (unpaired) electrons. The lowest BCUT2D eigenvalue weighted by atomic mass is 10.5. The van der Waals surface area contributed by atoms with Crippen molar-refractivity contribution in [3.05, 3.63) is 17.1 Å². The standard InChI is InChI=1S/C9H13N5S2/c1-12-9(11)14(7-10)3-5-15-6-8-2-4-16-13-8/h2,4H,3,5-6H2,1H3,(H2,11,12). The third-order valence-corrected chi connectivity index (χ3v) is 3.40. The Morgan fingerprint density at radius 1 is 1.81 bits per heavy atom. The molecule has 0 saturated carbocycles. The van der Waals surface area contributed by atoms with E-state index in [2.05, 4.69) is 9.37 Å². The van der Waals surface area contributed by atoms with Gasteiger partial charge in [0, 0.05) is 30.5 Å². The van der Waals surface area contributed by atoms with Gasteiger partial charge in [-0.1, -0.05) is 0 Å². The maximum absolute atomic E-state index is 8.81. The number of guanidine groups is 1. The van der Waals surface area contributed by atoms with E-state index in [9.17, 15) is 0 Å². The molecule has 0 unspecified atom stereocenters. The van der Waals surface area contributed by atoms with Gasteiger partial charge in [0.1, 0.15) is 0 Å². The van der Waals surface area contributed by atoms with E-state index >= 15 is 0 Å². The zero-order chi connectivity index (χ0) is 11.8. The minimum atomic E-state index is 0.261. The fourth-order valence-electron chi connectivity index (χ4n) is 0.981. The second-order valence-corrected chi connectivity index (χ2v) is 4.65. The normalized spacial score (nSPS) is 11.1. The predicted molar refractivity (Wildman–Crippen MR) is 68.1 cm³/mol. The summed E-state index contributed by atoms with van der Waals surface area (Å²) in [7, 11) is 1.57. The predicted octanol–water partition coefficient (Wildman–Crippen LogP) is 1.10. The summed E-state index contributed by atoms with van der Waals surface area (Å²) in [5.41, 5.74) is 6.62. The van der Waals surface area contributed by atoms with Crippen LogP contribution in [0.25, 0.3) is 0 Å². The molecule has 0 aliphatic carbocycles. The van der Waals surface area contributed by atoms with Crippen molar-refractivity contribution in [2.45, 2.75) is 5.75 Å². The smallest absolute Gasteiger partial charge is 0.204 e. The van der Waals surface area contributed by atoms with Crippen LogP contribution in [0, 0.1) is 11.5 Å². The molecule has 1 rings (SSSR count). The summed E-state index contributed by atoms with van der Waals surface area (Å²) in [5, 5.41) is 10.8. The highest BCUT2D eigenvalue weighted by Gasteiger charge is 2.05. The topological polar surface area (TPSA) is 78.3 Å². The Morgan fingerprint density at radius 2 is 2.62 bits per heavy atom. The van der Waals surface area contributed by atoms with Crippen molar-refractivity contribution in [1.29, 1.82) is 5.26 Å². The van der Waals surface area contributed by atoms with Crippen molar-refractivity contribution in [2.75, 3.05) is 19.3 Å². The van der Waals surface area contributed by atoms with Crippen LogP contribution < -0.4 is 5.73 Å². The van der Waals surface area contributed by atoms with Crippen LogP contribution in [0.1, 0.15) is 5.69 Å². The van der Waals surface area contributed by atoms with Gasteiger partial charge in [0.15, 0.2) is 6.19 Å². The van der Waals surface area contributed by atoms with Gasteiger partial charge in [-0.15, -0.1) is 0 Å². The molecule has 1 aromatic heterocycles. The van der Waals surface area contributed by atoms with E-state index in [-0.39, 0.29) is 5.96 Å². The SMILES string of the molecule is CN=C(N)N(C#N)CCSCc1ccsn1. The van der Waals surface area contributed by atoms with E-state index in [0.29, 0.717) is 6.54 Å². The highest BCUT2D eigenvalue weighted by molar-refractivity contribution is 7.98. The number of aromatic nitrogens is 1. The molecule has 16 heavy (non-hydrogen) atoms. The van der Waals surface area contributed by atoms with E-state index in [0.717, 1.165) is 17.2 Å². The third kappa shape index (κ3) is 4.08. The van der Waals surface area contributed by atoms with Crippen molar-refractivity contribution in [3.8, 4) is 6.19 Å². The molecule has 0 amide bonds. The summed E-state index contributed by atoms with van der Waals surface area (Å²) in [4.78, 5) is 5.15. The molecule has 0 aliphatic heterocycles. The minimum absolute atomic E-state index is 0.261. The first-order valence-corrected chi connectivity index (χ1v) is 6.63. The summed E-state index contributed by atoms with van der Waals surface area (Å²) < 4.78 is 4.20. The van der Waals surface area contributed by atoms with Gasteiger partial charge < -0.3 is 5.73 Å². The van der Waals surface area contributed by atoms with Gasteiger partial charge in [0.25, 0.3) is 0 Å². The van der Waals surface area contributed by atoms with Crippen LogP contribution in [0.15, 0.2) is 16.4 Å². The second-order valence-electron chi connectivity index (χ2n) is 2.88. The van der Waals surface area contributed by atoms with Crippen LogP contribution in [0.2, 0.25) is 0 Å². The lowest BCUT2D eigenvalue weighted by Crippen LogP contribution is -2.34. The van der Waals surface area contributed by atoms with E-state index < -0.39 is 0 Å². The number of nitrogens with zero attached hydrogens (tertiary/aromatic N) is 4. The molecule has 86 valence electrons. The molecule has 0 fully saturated rings. The monoisotopic (exact) mass is 255 g/mol. The molecule has 1 heterocycles. The summed E-state index contributed by atoms with van der Waals surface area (Å²) in [6, 6.07) is 2.00. The lowest BCUT2D eigenvalue weighted by Gasteiger charge is -2.12. The van der Waals surface area contributed by atoms with Crippen molar-refractivity contribution in [3.63, 3.8) is 0 Å². The van der Waals surface area contributed by atoms with Gasteiger partial charge in [-0.05, 0) is 17.6 Å². The van der Waals surface area contributed by atoms with Gasteiger partial charge in [-0.2, -0.15) is 21.4 Å². The molecule has 0 spiro atoms. The molecule has 2 N–H and O–H groups in total. The van der Waals surface area contributed by atoms with Crippen molar-refractivity contribution in [2.24, 2.45) is 10.7 Å². The van der Waals surface area contributed by atoms with Crippen molar-refractivity contribution in [1.82, 2.24) is 9.27 Å². The largest absolute Gasteiger partial charge is 0.369 e. The molecule has 0 saturated heterocycles. The molecule has 7 heteroatoms. The van der Waals surface area contributed by atoms with E-state index in [1.807, 2.05) is 17.6 Å². The zero-order valence-corrected chi connectivity index (χ0v) is 10.6. The number of hydrogen-bond acceptors (Lipinski definition) is 5. The number of rotatable bonds is 5. The van der Waals surface area contributed by atoms with E-state index in [4.69, 9.17) is 11.0 Å². The summed E-state index contributed by atoms with van der Waals surface area (Å²) in [6.07, 6.45) is 2.00. The average molecular weight is 255 g/mol. The number of hydrogen-bond donors (Lipinski definition) is 1. The lowest BCUT2D eigenvalue weighted by molar-refractivity contribution is 0.606. The maximum atomic E-state index is 8.81. The van der Waals surface area contributed by atoms with E-state index in [1.54, 1.807) is 18.8 Å². The van der Waals surface area contributed by atoms with Crippen LogP contribution >= 0.6 is 23.3 Å². The number of aliphatic imine (C=N–C) groups is 1. The molecule has 5 nitrogen and oxygen atoms in total. The summed E-state index contributed by atoms with van der Waals surface area (Å²) >= 11 is 3.18. The van der Waals surface area contributed by atoms with Crippen molar-refractivity contribution >= 4 is 29.3 Å². The molecule has 0 bridgehead atoms. The average Bonchev–Trinajstić information content (AvgIpc) is 2.81. The summed E-state index contributed by atoms with van der Waals surface area (Å²) in [6.45, 7) is 0.578. The van der Waals surface area contributed by atoms with Gasteiger partial charge >= 0.3 is 0 Å². The number of thioether (sulfide) groups is 1. The first-order chi connectivity index (χ1) is 7.77. The van der Waals surface area contributed by atoms with E-state index in [1.165, 1.54) is 16.4 Å². The summed E-state index contributed by atoms with van der Waals surface area (Å²) in [5.74, 6) is 1.95. The fourth-order valence-corrected chi connectivity index (χ4v) is 2.43. The maximum Gasteiger partial charge on any atom is 0.204 e. The Hall–Kier alpha value is -1.26. The Bertz CT molecular complexity index is 368. The quantitative estimate of drug-likeness (QED) is 0.280. The number of nitriles is 1. The third-order valence-electron chi connectivity index (χ3n) is 1.83. The Morgan fingerprint density at radius 3 is 3.19 bits per heavy atom. The highest BCUT2D eigenvalue weighted by atomic mass is 32.2. The van der Waals surface area contributed by atoms with Crippen LogP contribution in [-0.2, 0) is 5.75 Å². The van der Waals surface area contributed by atoms with Crippen LogP contribution in [0.5, 0.6) is 0 Å². The molecular formula is C9H13N5S2. The van der Waals surface area contributed by atoms with Crippen LogP contribution in [0.3, 0.4) is 0 Å². The van der Waals surface area contributed by atoms with Gasteiger partial charge in [0.2, 0.25) is 5.96 Å². The molecule has 0 atom stereocenters. The van der Waals surface area contributed by atoms with Crippen LogP contribution in [0.4, 0.5) is 0 Å². The highest BCUT2D eigenvalue weighted by Crippen LogP contribution is 2.11. The van der Waals surface area contributed by atoms with Crippen molar-refractivity contribution < 1.29 is 0 Å². The van der Waals surface area contributed by atoms with Crippen LogP contribution in [-0.4, -0.2) is 34.6 Å².